The number of nitro groups is 1. The van der Waals surface area contributed by atoms with Crippen molar-refractivity contribution >= 4 is 33.8 Å². The summed E-state index contributed by atoms with van der Waals surface area (Å²) < 4.78 is 0. The SMILES string of the molecule is Cc1cc(NC(=O)C2CC2)sc1C(=O)N(C)[C@H](C)c1cccc([N+](=O)[O-])c1. The van der Waals surface area contributed by atoms with Crippen molar-refractivity contribution in [1.29, 1.82) is 0 Å². The first-order valence-corrected chi connectivity index (χ1v) is 9.52. The largest absolute Gasteiger partial charge is 0.334 e. The van der Waals surface area contributed by atoms with Crippen LogP contribution in [0.4, 0.5) is 10.7 Å². The van der Waals surface area contributed by atoms with Gasteiger partial charge in [-0.1, -0.05) is 12.1 Å². The number of non-ortho nitro benzene ring substituents is 1. The molecule has 3 rings (SSSR count). The number of nitrogens with one attached hydrogen (secondary N) is 1. The average molecular weight is 387 g/mol. The lowest BCUT2D eigenvalue weighted by molar-refractivity contribution is -0.384. The highest BCUT2D eigenvalue weighted by Crippen LogP contribution is 2.34. The molecule has 1 heterocycles. The van der Waals surface area contributed by atoms with Gasteiger partial charge < -0.3 is 10.2 Å². The quantitative estimate of drug-likeness (QED) is 0.595. The van der Waals surface area contributed by atoms with Crippen LogP contribution in [0, 0.1) is 23.0 Å². The van der Waals surface area contributed by atoms with Crippen LogP contribution in [-0.2, 0) is 4.79 Å². The first-order valence-electron chi connectivity index (χ1n) is 8.70. The van der Waals surface area contributed by atoms with Crippen LogP contribution in [0.2, 0.25) is 0 Å². The Morgan fingerprint density at radius 1 is 1.33 bits per heavy atom. The van der Waals surface area contributed by atoms with Crippen molar-refractivity contribution in [1.82, 2.24) is 4.90 Å². The van der Waals surface area contributed by atoms with E-state index < -0.39 is 4.92 Å². The number of carbonyl (C=O) groups is 2. The molecular formula is C19H21N3O4S. The summed E-state index contributed by atoms with van der Waals surface area (Å²) in [6.07, 6.45) is 1.84. The third-order valence-electron chi connectivity index (χ3n) is 4.77. The highest BCUT2D eigenvalue weighted by molar-refractivity contribution is 7.18. The average Bonchev–Trinajstić information content (AvgIpc) is 3.44. The minimum absolute atomic E-state index is 0.00224. The summed E-state index contributed by atoms with van der Waals surface area (Å²) in [5.74, 6) is -0.0693. The molecule has 2 amide bonds. The van der Waals surface area contributed by atoms with Gasteiger partial charge in [-0.3, -0.25) is 19.7 Å². The molecule has 0 bridgehead atoms. The van der Waals surface area contributed by atoms with Gasteiger partial charge in [0.25, 0.3) is 11.6 Å². The summed E-state index contributed by atoms with van der Waals surface area (Å²) >= 11 is 1.26. The maximum atomic E-state index is 12.9. The molecule has 1 aromatic heterocycles. The maximum absolute atomic E-state index is 12.9. The second-order valence-corrected chi connectivity index (χ2v) is 7.88. The van der Waals surface area contributed by atoms with Gasteiger partial charge in [-0.15, -0.1) is 11.3 Å². The Hall–Kier alpha value is -2.74. The summed E-state index contributed by atoms with van der Waals surface area (Å²) in [6.45, 7) is 3.66. The predicted molar refractivity (Wildman–Crippen MR) is 104 cm³/mol. The van der Waals surface area contributed by atoms with Crippen LogP contribution in [0.1, 0.15) is 46.6 Å². The van der Waals surface area contributed by atoms with Crippen molar-refractivity contribution in [2.24, 2.45) is 5.92 Å². The van der Waals surface area contributed by atoms with Crippen LogP contribution in [-0.4, -0.2) is 28.7 Å². The first-order chi connectivity index (χ1) is 12.8. The molecule has 1 N–H and O–H groups in total. The molecule has 1 aromatic carbocycles. The fourth-order valence-corrected chi connectivity index (χ4v) is 3.84. The van der Waals surface area contributed by atoms with Crippen molar-refractivity contribution in [3.8, 4) is 0 Å². The Morgan fingerprint density at radius 3 is 2.67 bits per heavy atom. The van der Waals surface area contributed by atoms with E-state index in [0.717, 1.165) is 18.4 Å². The van der Waals surface area contributed by atoms with Gasteiger partial charge in [-0.2, -0.15) is 0 Å². The third kappa shape index (κ3) is 4.16. The zero-order valence-corrected chi connectivity index (χ0v) is 16.2. The summed E-state index contributed by atoms with van der Waals surface area (Å²) in [7, 11) is 1.67. The Labute approximate surface area is 161 Å². The van der Waals surface area contributed by atoms with E-state index in [1.807, 2.05) is 19.9 Å². The number of nitrogens with zero attached hydrogens (tertiary/aromatic N) is 2. The molecule has 1 aliphatic rings. The molecule has 0 spiro atoms. The van der Waals surface area contributed by atoms with Gasteiger partial charge in [0, 0.05) is 25.1 Å². The molecular weight excluding hydrogens is 366 g/mol. The van der Waals surface area contributed by atoms with Crippen molar-refractivity contribution in [2.45, 2.75) is 32.7 Å². The van der Waals surface area contributed by atoms with Crippen LogP contribution in [0.3, 0.4) is 0 Å². The predicted octanol–water partition coefficient (Wildman–Crippen LogP) is 4.15. The highest BCUT2D eigenvalue weighted by Gasteiger charge is 2.30. The highest BCUT2D eigenvalue weighted by atomic mass is 32.1. The summed E-state index contributed by atoms with van der Waals surface area (Å²) in [5.41, 5.74) is 1.49. The Balaban J connectivity index is 1.76. The fraction of sp³-hybridized carbons (Fsp3) is 0.368. The van der Waals surface area contributed by atoms with Crippen LogP contribution >= 0.6 is 11.3 Å². The lowest BCUT2D eigenvalue weighted by Crippen LogP contribution is -2.29. The van der Waals surface area contributed by atoms with Gasteiger partial charge in [-0.25, -0.2) is 0 Å². The first kappa shape index (κ1) is 19.0. The van der Waals surface area contributed by atoms with Crippen LogP contribution in [0.15, 0.2) is 30.3 Å². The normalized spacial score (nSPS) is 14.5. The number of hydrogen-bond donors (Lipinski definition) is 1. The van der Waals surface area contributed by atoms with Crippen LogP contribution < -0.4 is 5.32 Å². The van der Waals surface area contributed by atoms with Crippen LogP contribution in [0.25, 0.3) is 0 Å². The Bertz CT molecular complexity index is 904. The fourth-order valence-electron chi connectivity index (χ4n) is 2.78. The summed E-state index contributed by atoms with van der Waals surface area (Å²) in [6, 6.07) is 7.77. The smallest absolute Gasteiger partial charge is 0.269 e. The minimum atomic E-state index is -0.448. The Morgan fingerprint density at radius 2 is 2.04 bits per heavy atom. The molecule has 1 aliphatic carbocycles. The molecule has 1 saturated carbocycles. The number of anilines is 1. The Kier molecular flexibility index (Phi) is 5.27. The third-order valence-corrected chi connectivity index (χ3v) is 5.91. The number of amides is 2. The van der Waals surface area contributed by atoms with Crippen molar-refractivity contribution in [3.63, 3.8) is 0 Å². The minimum Gasteiger partial charge on any atom is -0.334 e. The molecule has 1 atom stereocenters. The van der Waals surface area contributed by atoms with E-state index >= 15 is 0 Å². The van der Waals surface area contributed by atoms with E-state index in [-0.39, 0.29) is 29.5 Å². The van der Waals surface area contributed by atoms with E-state index in [1.54, 1.807) is 24.1 Å². The molecule has 142 valence electrons. The van der Waals surface area contributed by atoms with Gasteiger partial charge in [0.1, 0.15) is 0 Å². The number of thiophene rings is 1. The molecule has 0 saturated heterocycles. The lowest BCUT2D eigenvalue weighted by Gasteiger charge is -2.25. The van der Waals surface area contributed by atoms with Crippen molar-refractivity contribution in [2.75, 3.05) is 12.4 Å². The molecule has 0 radical (unpaired) electrons. The van der Waals surface area contributed by atoms with E-state index in [2.05, 4.69) is 5.32 Å². The molecule has 0 aliphatic heterocycles. The van der Waals surface area contributed by atoms with Crippen molar-refractivity contribution < 1.29 is 14.5 Å². The monoisotopic (exact) mass is 387 g/mol. The van der Waals surface area contributed by atoms with Gasteiger partial charge in [0.15, 0.2) is 0 Å². The number of nitro benzene ring substituents is 1. The number of carbonyl (C=O) groups excluding carboxylic acids is 2. The van der Waals surface area contributed by atoms with Gasteiger partial charge in [0.2, 0.25) is 5.91 Å². The topological polar surface area (TPSA) is 92.6 Å². The number of benzene rings is 1. The van der Waals surface area contributed by atoms with Gasteiger partial charge >= 0.3 is 0 Å². The van der Waals surface area contributed by atoms with E-state index in [4.69, 9.17) is 0 Å². The second-order valence-electron chi connectivity index (χ2n) is 6.83. The molecule has 8 heteroatoms. The summed E-state index contributed by atoms with van der Waals surface area (Å²) in [4.78, 5) is 37.5. The lowest BCUT2D eigenvalue weighted by atomic mass is 10.1. The number of hydrogen-bond acceptors (Lipinski definition) is 5. The van der Waals surface area contributed by atoms with Gasteiger partial charge in [0.05, 0.1) is 20.8 Å². The molecule has 0 unspecified atom stereocenters. The zero-order chi connectivity index (χ0) is 19.7. The second kappa shape index (κ2) is 7.48. The molecule has 2 aromatic rings. The van der Waals surface area contributed by atoms with E-state index in [0.29, 0.717) is 15.4 Å². The maximum Gasteiger partial charge on any atom is 0.269 e. The summed E-state index contributed by atoms with van der Waals surface area (Å²) in [5, 5.41) is 14.5. The van der Waals surface area contributed by atoms with E-state index in [9.17, 15) is 19.7 Å². The number of rotatable bonds is 6. The standard InChI is InChI=1S/C19H21N3O4S/c1-11-9-16(20-18(23)13-7-8-13)27-17(11)19(24)21(3)12(2)14-5-4-6-15(10-14)22(25)26/h4-6,9-10,12-13H,7-8H2,1-3H3,(H,20,23)/t12-/m1/s1. The molecule has 27 heavy (non-hydrogen) atoms. The van der Waals surface area contributed by atoms with E-state index in [1.165, 1.54) is 23.5 Å². The van der Waals surface area contributed by atoms with Crippen molar-refractivity contribution in [3.05, 3.63) is 56.5 Å². The zero-order valence-electron chi connectivity index (χ0n) is 15.4. The number of aryl methyl sites for hydroxylation is 1. The molecule has 7 nitrogen and oxygen atoms in total. The molecule has 1 fully saturated rings. The van der Waals surface area contributed by atoms with Gasteiger partial charge in [-0.05, 0) is 43.9 Å². The van der Waals surface area contributed by atoms with Crippen LogP contribution in [0.5, 0.6) is 0 Å².